The van der Waals surface area contributed by atoms with Gasteiger partial charge in [-0.3, -0.25) is 0 Å². The molecule has 0 atom stereocenters. The van der Waals surface area contributed by atoms with Crippen LogP contribution >= 0.6 is 23.6 Å². The Bertz CT molecular complexity index is 577. The van der Waals surface area contributed by atoms with Crippen LogP contribution in [0.5, 0.6) is 0 Å². The topological polar surface area (TPSA) is 63.8 Å². The number of anilines is 1. The molecule has 0 bridgehead atoms. The van der Waals surface area contributed by atoms with E-state index in [0.717, 1.165) is 5.69 Å². The molecule has 0 aromatic carbocycles. The maximum atomic E-state index is 5.58. The molecule has 0 radical (unpaired) electrons. The summed E-state index contributed by atoms with van der Waals surface area (Å²) < 4.78 is 0. The van der Waals surface area contributed by atoms with Crippen LogP contribution in [0.1, 0.15) is 21.8 Å². The molecule has 0 unspecified atom stereocenters. The van der Waals surface area contributed by atoms with Gasteiger partial charge in [-0.2, -0.15) is 0 Å². The minimum atomic E-state index is 0.288. The van der Waals surface area contributed by atoms with Gasteiger partial charge in [0.15, 0.2) is 0 Å². The summed E-state index contributed by atoms with van der Waals surface area (Å²) in [5.74, 6) is 0.561. The quantitative estimate of drug-likeness (QED) is 0.841. The summed E-state index contributed by atoms with van der Waals surface area (Å²) in [5.41, 5.74) is 8.30. The molecule has 0 fully saturated rings. The van der Waals surface area contributed by atoms with E-state index in [4.69, 9.17) is 18.0 Å². The summed E-state index contributed by atoms with van der Waals surface area (Å²) in [6.45, 7) is 4.69. The van der Waals surface area contributed by atoms with E-state index in [-0.39, 0.29) is 4.99 Å². The molecule has 3 N–H and O–H groups in total. The maximum Gasteiger partial charge on any atom is 0.223 e. The number of aromatic nitrogens is 2. The summed E-state index contributed by atoms with van der Waals surface area (Å²) in [4.78, 5) is 10.2. The van der Waals surface area contributed by atoms with E-state index in [0.29, 0.717) is 18.2 Å². The van der Waals surface area contributed by atoms with Gasteiger partial charge in [0.25, 0.3) is 0 Å². The molecule has 0 aliphatic heterocycles. The highest BCUT2D eigenvalue weighted by Gasteiger charge is 2.05. The fourth-order valence-electron chi connectivity index (χ4n) is 1.52. The number of nitrogens with zero attached hydrogens (tertiary/aromatic N) is 2. The first-order valence-corrected chi connectivity index (χ1v) is 6.77. The van der Waals surface area contributed by atoms with Crippen molar-refractivity contribution in [2.75, 3.05) is 5.32 Å². The van der Waals surface area contributed by atoms with Crippen molar-refractivity contribution in [1.29, 1.82) is 0 Å². The number of hydrogen-bond donors (Lipinski definition) is 2. The zero-order valence-electron chi connectivity index (χ0n) is 10.2. The lowest BCUT2D eigenvalue weighted by atomic mass is 10.3. The summed E-state index contributed by atoms with van der Waals surface area (Å²) in [6.07, 6.45) is 0. The zero-order valence-corrected chi connectivity index (χ0v) is 11.9. The minimum absolute atomic E-state index is 0.288. The van der Waals surface area contributed by atoms with Gasteiger partial charge in [0, 0.05) is 10.6 Å². The Morgan fingerprint density at radius 1 is 1.44 bits per heavy atom. The van der Waals surface area contributed by atoms with Gasteiger partial charge < -0.3 is 11.1 Å². The average molecular weight is 278 g/mol. The molecular formula is C12H14N4S2. The van der Waals surface area contributed by atoms with Crippen molar-refractivity contribution in [3.63, 3.8) is 0 Å². The molecule has 18 heavy (non-hydrogen) atoms. The number of nitrogens with one attached hydrogen (secondary N) is 1. The minimum Gasteiger partial charge on any atom is -0.388 e. The van der Waals surface area contributed by atoms with Gasteiger partial charge in [-0.15, -0.1) is 11.3 Å². The second-order valence-corrected chi connectivity index (χ2v) is 5.40. The number of aryl methyl sites for hydroxylation is 2. The fourth-order valence-corrected chi connectivity index (χ4v) is 2.47. The maximum absolute atomic E-state index is 5.58. The van der Waals surface area contributed by atoms with Gasteiger partial charge in [-0.05, 0) is 36.9 Å². The molecule has 2 aromatic heterocycles. The standard InChI is InChI=1S/C12H14N4S2/c1-7-3-4-18-10(7)6-14-12-15-8(2)5-9(16-12)11(13)17/h3-5H,6H2,1-2H3,(H2,13,17)(H,14,15,16). The Hall–Kier alpha value is -1.53. The number of hydrogen-bond acceptors (Lipinski definition) is 5. The van der Waals surface area contributed by atoms with Crippen molar-refractivity contribution in [2.45, 2.75) is 20.4 Å². The van der Waals surface area contributed by atoms with Crippen molar-refractivity contribution >= 4 is 34.5 Å². The number of nitrogens with two attached hydrogens (primary N) is 1. The Morgan fingerprint density at radius 2 is 2.22 bits per heavy atom. The van der Waals surface area contributed by atoms with Crippen molar-refractivity contribution in [2.24, 2.45) is 5.73 Å². The van der Waals surface area contributed by atoms with Crippen LogP contribution in [0.2, 0.25) is 0 Å². The lowest BCUT2D eigenvalue weighted by molar-refractivity contribution is 1.03. The van der Waals surface area contributed by atoms with E-state index < -0.39 is 0 Å². The van der Waals surface area contributed by atoms with E-state index in [2.05, 4.69) is 33.7 Å². The molecule has 0 amide bonds. The molecular weight excluding hydrogens is 264 g/mol. The second-order valence-electron chi connectivity index (χ2n) is 3.96. The summed E-state index contributed by atoms with van der Waals surface area (Å²) in [7, 11) is 0. The van der Waals surface area contributed by atoms with Crippen LogP contribution in [0.3, 0.4) is 0 Å². The van der Waals surface area contributed by atoms with Gasteiger partial charge in [0.1, 0.15) is 10.7 Å². The van der Waals surface area contributed by atoms with Gasteiger partial charge in [0.05, 0.1) is 6.54 Å². The predicted octanol–water partition coefficient (Wildman–Crippen LogP) is 2.40. The molecule has 2 rings (SSSR count). The molecule has 2 heterocycles. The Labute approximate surface area is 115 Å². The largest absolute Gasteiger partial charge is 0.388 e. The number of thiophene rings is 1. The smallest absolute Gasteiger partial charge is 0.223 e. The summed E-state index contributed by atoms with van der Waals surface area (Å²) in [5, 5.41) is 5.27. The lowest BCUT2D eigenvalue weighted by Crippen LogP contribution is -2.14. The SMILES string of the molecule is Cc1cc(C(N)=S)nc(NCc2sccc2C)n1. The average Bonchev–Trinajstić information content (AvgIpc) is 2.71. The second kappa shape index (κ2) is 5.41. The highest BCUT2D eigenvalue weighted by Crippen LogP contribution is 2.16. The predicted molar refractivity (Wildman–Crippen MR) is 79.0 cm³/mol. The van der Waals surface area contributed by atoms with E-state index in [9.17, 15) is 0 Å². The molecule has 2 aromatic rings. The molecule has 0 spiro atoms. The van der Waals surface area contributed by atoms with Crippen molar-refractivity contribution in [1.82, 2.24) is 9.97 Å². The zero-order chi connectivity index (χ0) is 13.1. The number of rotatable bonds is 4. The van der Waals surface area contributed by atoms with Crippen LogP contribution in [-0.4, -0.2) is 15.0 Å². The van der Waals surface area contributed by atoms with Crippen molar-refractivity contribution in [3.8, 4) is 0 Å². The van der Waals surface area contributed by atoms with E-state index in [1.807, 2.05) is 6.92 Å². The van der Waals surface area contributed by atoms with Crippen molar-refractivity contribution in [3.05, 3.63) is 39.3 Å². The van der Waals surface area contributed by atoms with Crippen LogP contribution in [-0.2, 0) is 6.54 Å². The van der Waals surface area contributed by atoms with E-state index in [1.165, 1.54) is 10.4 Å². The summed E-state index contributed by atoms with van der Waals surface area (Å²) >= 11 is 6.64. The molecule has 0 aliphatic rings. The third-order valence-corrected chi connectivity index (χ3v) is 3.71. The van der Waals surface area contributed by atoms with Gasteiger partial charge in [-0.25, -0.2) is 9.97 Å². The monoisotopic (exact) mass is 278 g/mol. The molecule has 94 valence electrons. The van der Waals surface area contributed by atoms with Crippen LogP contribution in [0, 0.1) is 13.8 Å². The lowest BCUT2D eigenvalue weighted by Gasteiger charge is -2.07. The van der Waals surface area contributed by atoms with Crippen LogP contribution < -0.4 is 11.1 Å². The van der Waals surface area contributed by atoms with Crippen LogP contribution in [0.25, 0.3) is 0 Å². The van der Waals surface area contributed by atoms with Crippen LogP contribution in [0.4, 0.5) is 5.95 Å². The normalized spacial score (nSPS) is 10.3. The molecule has 0 saturated heterocycles. The van der Waals surface area contributed by atoms with Crippen molar-refractivity contribution < 1.29 is 0 Å². The molecule has 4 nitrogen and oxygen atoms in total. The Balaban J connectivity index is 2.14. The highest BCUT2D eigenvalue weighted by molar-refractivity contribution is 7.80. The van der Waals surface area contributed by atoms with Gasteiger partial charge >= 0.3 is 0 Å². The highest BCUT2D eigenvalue weighted by atomic mass is 32.1. The van der Waals surface area contributed by atoms with E-state index in [1.54, 1.807) is 17.4 Å². The third-order valence-electron chi connectivity index (χ3n) is 2.48. The Kier molecular flexibility index (Phi) is 3.88. The first kappa shape index (κ1) is 12.9. The fraction of sp³-hybridized carbons (Fsp3) is 0.250. The van der Waals surface area contributed by atoms with Gasteiger partial charge in [-0.1, -0.05) is 12.2 Å². The molecule has 6 heteroatoms. The molecule has 0 aliphatic carbocycles. The third kappa shape index (κ3) is 3.02. The first-order valence-electron chi connectivity index (χ1n) is 5.48. The summed E-state index contributed by atoms with van der Waals surface area (Å²) in [6, 6.07) is 3.88. The number of thiocarbonyl (C=S) groups is 1. The Morgan fingerprint density at radius 3 is 2.83 bits per heavy atom. The van der Waals surface area contributed by atoms with Crippen LogP contribution in [0.15, 0.2) is 17.5 Å². The first-order chi connectivity index (χ1) is 8.56. The van der Waals surface area contributed by atoms with E-state index >= 15 is 0 Å². The molecule has 0 saturated carbocycles. The van der Waals surface area contributed by atoms with Gasteiger partial charge in [0.2, 0.25) is 5.95 Å².